The second-order valence-electron chi connectivity index (χ2n) is 5.67. The maximum Gasteiger partial charge on any atom is 0.321 e. The highest BCUT2D eigenvalue weighted by atomic mass is 32.2. The minimum absolute atomic E-state index is 0.130. The van der Waals surface area contributed by atoms with E-state index in [0.717, 1.165) is 25.3 Å². The van der Waals surface area contributed by atoms with Crippen LogP contribution in [0.5, 0.6) is 0 Å². The van der Waals surface area contributed by atoms with E-state index < -0.39 is 10.8 Å². The number of hydrogen-bond donors (Lipinski definition) is 1. The van der Waals surface area contributed by atoms with E-state index in [1.165, 1.54) is 0 Å². The molecule has 0 saturated carbocycles. The zero-order valence-corrected chi connectivity index (χ0v) is 14.3. The molecule has 0 bridgehead atoms. The molecule has 2 amide bonds. The molecule has 1 N–H and O–H groups in total. The van der Waals surface area contributed by atoms with Gasteiger partial charge in [0, 0.05) is 66.4 Å². The summed E-state index contributed by atoms with van der Waals surface area (Å²) < 4.78 is 16.4. The first-order valence-corrected chi connectivity index (χ1v) is 9.28. The summed E-state index contributed by atoms with van der Waals surface area (Å²) in [7, 11) is -1.06. The van der Waals surface area contributed by atoms with Gasteiger partial charge in [0.05, 0.1) is 5.69 Å². The van der Waals surface area contributed by atoms with E-state index in [0.29, 0.717) is 23.7 Å². The average molecular weight is 348 g/mol. The molecule has 1 aromatic heterocycles. The molecule has 3 rings (SSSR count). The minimum Gasteiger partial charge on any atom is -0.364 e. The summed E-state index contributed by atoms with van der Waals surface area (Å²) in [4.78, 5) is 17.1. The quantitative estimate of drug-likeness (QED) is 0.911. The Morgan fingerprint density at radius 3 is 2.75 bits per heavy atom. The Hall–Kier alpha value is -2.19. The number of amides is 2. The van der Waals surface area contributed by atoms with Crippen molar-refractivity contribution in [3.8, 4) is 0 Å². The van der Waals surface area contributed by atoms with Crippen LogP contribution in [0.4, 0.5) is 10.5 Å². The van der Waals surface area contributed by atoms with Crippen LogP contribution in [0.25, 0.3) is 0 Å². The van der Waals surface area contributed by atoms with Gasteiger partial charge in [-0.15, -0.1) is 0 Å². The summed E-state index contributed by atoms with van der Waals surface area (Å²) in [6.45, 7) is 3.63. The molecule has 8 heteroatoms. The number of nitrogens with one attached hydrogen (secondary N) is 1. The van der Waals surface area contributed by atoms with Crippen molar-refractivity contribution in [1.29, 1.82) is 0 Å². The van der Waals surface area contributed by atoms with Gasteiger partial charge in [-0.2, -0.15) is 0 Å². The molecular weight excluding hydrogens is 328 g/mol. The molecule has 1 aliphatic heterocycles. The van der Waals surface area contributed by atoms with Crippen molar-refractivity contribution in [3.63, 3.8) is 0 Å². The molecule has 0 radical (unpaired) electrons. The normalized spacial score (nSPS) is 16.8. The van der Waals surface area contributed by atoms with Crippen LogP contribution in [0.2, 0.25) is 0 Å². The van der Waals surface area contributed by atoms with E-state index in [2.05, 4.69) is 15.4 Å². The summed E-state index contributed by atoms with van der Waals surface area (Å²) in [6.07, 6.45) is 3.19. The van der Waals surface area contributed by atoms with Gasteiger partial charge in [0.2, 0.25) is 0 Å². The third-order valence-electron chi connectivity index (χ3n) is 3.95. The molecule has 1 fully saturated rings. The molecule has 0 spiro atoms. The molecule has 1 atom stereocenters. The fourth-order valence-corrected chi connectivity index (χ4v) is 3.18. The van der Waals surface area contributed by atoms with Crippen LogP contribution in [0.1, 0.15) is 5.69 Å². The lowest BCUT2D eigenvalue weighted by molar-refractivity contribution is 0.141. The fourth-order valence-electron chi connectivity index (χ4n) is 2.61. The van der Waals surface area contributed by atoms with Crippen molar-refractivity contribution < 1.29 is 13.5 Å². The predicted molar refractivity (Wildman–Crippen MR) is 91.1 cm³/mol. The number of aromatic nitrogens is 1. The number of anilines is 1. The van der Waals surface area contributed by atoms with E-state index in [1.807, 2.05) is 6.07 Å². The molecule has 1 aromatic carbocycles. The average Bonchev–Trinajstić information content (AvgIpc) is 3.08. The smallest absolute Gasteiger partial charge is 0.321 e. The molecular formula is C16H20N4O3S. The van der Waals surface area contributed by atoms with Crippen LogP contribution < -0.4 is 5.32 Å². The van der Waals surface area contributed by atoms with Crippen LogP contribution >= 0.6 is 0 Å². The Labute approximate surface area is 143 Å². The highest BCUT2D eigenvalue weighted by molar-refractivity contribution is 7.84. The lowest BCUT2D eigenvalue weighted by atomic mass is 10.3. The number of nitrogens with zero attached hydrogens (tertiary/aromatic N) is 3. The molecule has 1 saturated heterocycles. The lowest BCUT2D eigenvalue weighted by Gasteiger charge is -2.34. The van der Waals surface area contributed by atoms with Gasteiger partial charge in [0.25, 0.3) is 0 Å². The van der Waals surface area contributed by atoms with Crippen molar-refractivity contribution in [2.75, 3.05) is 37.8 Å². The van der Waals surface area contributed by atoms with Crippen molar-refractivity contribution in [3.05, 3.63) is 42.3 Å². The Morgan fingerprint density at radius 2 is 2.08 bits per heavy atom. The van der Waals surface area contributed by atoms with Gasteiger partial charge in [0.15, 0.2) is 0 Å². The second kappa shape index (κ2) is 7.59. The Balaban J connectivity index is 1.52. The Kier molecular flexibility index (Phi) is 5.27. The molecule has 7 nitrogen and oxygen atoms in total. The highest BCUT2D eigenvalue weighted by Gasteiger charge is 2.21. The first kappa shape index (κ1) is 16.7. The van der Waals surface area contributed by atoms with Crippen LogP contribution in [0, 0.1) is 0 Å². The Bertz CT molecular complexity index is 712. The number of urea groups is 1. The molecule has 2 heterocycles. The molecule has 128 valence electrons. The predicted octanol–water partition coefficient (Wildman–Crippen LogP) is 1.76. The van der Waals surface area contributed by atoms with Crippen molar-refractivity contribution in [1.82, 2.24) is 15.0 Å². The largest absolute Gasteiger partial charge is 0.364 e. The number of carbonyl (C=O) groups is 1. The van der Waals surface area contributed by atoms with E-state index in [4.69, 9.17) is 4.52 Å². The number of piperazine rings is 1. The van der Waals surface area contributed by atoms with E-state index in [9.17, 15) is 9.00 Å². The number of hydrogen-bond acceptors (Lipinski definition) is 5. The van der Waals surface area contributed by atoms with Crippen molar-refractivity contribution >= 4 is 22.5 Å². The zero-order chi connectivity index (χ0) is 16.9. The molecule has 0 aliphatic carbocycles. The fraction of sp³-hybridized carbons (Fsp3) is 0.375. The van der Waals surface area contributed by atoms with Gasteiger partial charge in [0.1, 0.15) is 6.26 Å². The third kappa shape index (κ3) is 4.21. The van der Waals surface area contributed by atoms with Gasteiger partial charge < -0.3 is 14.7 Å². The minimum atomic E-state index is -1.06. The van der Waals surface area contributed by atoms with Crippen LogP contribution in [-0.4, -0.2) is 57.6 Å². The third-order valence-corrected chi connectivity index (χ3v) is 4.87. The molecule has 1 aliphatic rings. The zero-order valence-electron chi connectivity index (χ0n) is 13.5. The number of rotatable bonds is 4. The summed E-state index contributed by atoms with van der Waals surface area (Å²) in [6, 6.07) is 8.85. The Morgan fingerprint density at radius 1 is 1.29 bits per heavy atom. The molecule has 0 unspecified atom stereocenters. The van der Waals surface area contributed by atoms with E-state index in [1.54, 1.807) is 41.7 Å². The maximum absolute atomic E-state index is 12.4. The van der Waals surface area contributed by atoms with Gasteiger partial charge in [-0.05, 0) is 18.2 Å². The first-order valence-electron chi connectivity index (χ1n) is 7.73. The molecule has 24 heavy (non-hydrogen) atoms. The van der Waals surface area contributed by atoms with Gasteiger partial charge in [-0.25, -0.2) is 4.79 Å². The van der Waals surface area contributed by atoms with E-state index >= 15 is 0 Å². The number of benzene rings is 1. The SMILES string of the molecule is C[S@](=O)c1cccc(NC(=O)N2CCN(Cc3ccon3)CC2)c1. The van der Waals surface area contributed by atoms with Crippen molar-refractivity contribution in [2.45, 2.75) is 11.4 Å². The van der Waals surface area contributed by atoms with Gasteiger partial charge >= 0.3 is 6.03 Å². The standard InChI is InChI=1S/C16H20N4O3S/c1-24(22)15-4-2-3-13(11-15)17-16(21)20-8-6-19(7-9-20)12-14-5-10-23-18-14/h2-5,10-11H,6-9,12H2,1H3,(H,17,21)/t24-/m0/s1. The summed E-state index contributed by atoms with van der Waals surface area (Å²) in [5.74, 6) is 0. The van der Waals surface area contributed by atoms with Crippen molar-refractivity contribution in [2.24, 2.45) is 0 Å². The van der Waals surface area contributed by atoms with Crippen LogP contribution in [-0.2, 0) is 17.3 Å². The van der Waals surface area contributed by atoms with Gasteiger partial charge in [-0.3, -0.25) is 9.11 Å². The van der Waals surface area contributed by atoms with E-state index in [-0.39, 0.29) is 6.03 Å². The topological polar surface area (TPSA) is 78.7 Å². The lowest BCUT2D eigenvalue weighted by Crippen LogP contribution is -2.49. The monoisotopic (exact) mass is 348 g/mol. The maximum atomic E-state index is 12.4. The van der Waals surface area contributed by atoms with Crippen LogP contribution in [0.15, 0.2) is 46.0 Å². The van der Waals surface area contributed by atoms with Gasteiger partial charge in [-0.1, -0.05) is 11.2 Å². The number of carbonyl (C=O) groups excluding carboxylic acids is 1. The highest BCUT2D eigenvalue weighted by Crippen LogP contribution is 2.15. The summed E-state index contributed by atoms with van der Waals surface area (Å²) in [5, 5.41) is 6.78. The van der Waals surface area contributed by atoms with Crippen LogP contribution in [0.3, 0.4) is 0 Å². The summed E-state index contributed by atoms with van der Waals surface area (Å²) >= 11 is 0. The molecule has 2 aromatic rings. The first-order chi connectivity index (χ1) is 11.6. The summed E-state index contributed by atoms with van der Waals surface area (Å²) in [5.41, 5.74) is 1.56. The second-order valence-corrected chi connectivity index (χ2v) is 7.05.